The maximum absolute atomic E-state index is 13.0. The largest absolute Gasteiger partial charge is 0.451 e. The lowest BCUT2D eigenvalue weighted by Crippen LogP contribution is -2.38. The third-order valence-corrected chi connectivity index (χ3v) is 3.79. The molecule has 5 nitrogen and oxygen atoms in total. The third kappa shape index (κ3) is 5.30. The van der Waals surface area contributed by atoms with Crippen LogP contribution in [-0.4, -0.2) is 21.8 Å². The van der Waals surface area contributed by atoms with Crippen molar-refractivity contribution < 1.29 is 39.5 Å². The van der Waals surface area contributed by atoms with E-state index in [4.69, 9.17) is 10.8 Å². The molecule has 1 unspecified atom stereocenters. The zero-order valence-electron chi connectivity index (χ0n) is 14.8. The van der Waals surface area contributed by atoms with Crippen LogP contribution in [0.4, 0.5) is 45.3 Å². The van der Waals surface area contributed by atoms with Crippen molar-refractivity contribution in [1.82, 2.24) is 9.78 Å². The molecule has 1 aromatic heterocycles. The van der Waals surface area contributed by atoms with E-state index in [1.165, 1.54) is 6.92 Å². The number of alkyl halides is 9. The molecule has 0 spiro atoms. The lowest BCUT2D eigenvalue weighted by Gasteiger charge is -2.20. The van der Waals surface area contributed by atoms with Gasteiger partial charge in [0, 0.05) is 0 Å². The summed E-state index contributed by atoms with van der Waals surface area (Å²) in [6.45, 7) is 1.17. The average Bonchev–Trinajstić information content (AvgIpc) is 2.60. The van der Waals surface area contributed by atoms with E-state index in [-0.39, 0.29) is 10.7 Å². The van der Waals surface area contributed by atoms with Crippen molar-refractivity contribution in [3.05, 3.63) is 52.5 Å². The first-order valence-electron chi connectivity index (χ1n) is 7.87. The van der Waals surface area contributed by atoms with Crippen molar-refractivity contribution in [2.24, 2.45) is 0 Å². The van der Waals surface area contributed by atoms with Crippen LogP contribution in [0.3, 0.4) is 0 Å². The van der Waals surface area contributed by atoms with Crippen LogP contribution in [0.1, 0.15) is 29.7 Å². The fourth-order valence-electron chi connectivity index (χ4n) is 2.33. The standard InChI is InChI=1S/C16H12F9N5/c1-7(8-4-9(14(17,18)19)6-10(5-8)15(20,21)22)28-12-3-2-11(26)30(29-12)13(27)16(23,24)25/h2-7,26-27H,1H3,(H,28,29). The van der Waals surface area contributed by atoms with Gasteiger partial charge in [-0.05, 0) is 42.8 Å². The second-order valence-electron chi connectivity index (χ2n) is 6.07. The molecule has 0 radical (unpaired) electrons. The van der Waals surface area contributed by atoms with E-state index in [1.54, 1.807) is 0 Å². The Morgan fingerprint density at radius 1 is 0.933 bits per heavy atom. The van der Waals surface area contributed by atoms with E-state index >= 15 is 0 Å². The molecule has 0 saturated carbocycles. The number of nitrogens with one attached hydrogen (secondary N) is 3. The molecule has 0 aliphatic rings. The minimum atomic E-state index is -5.14. The minimum absolute atomic E-state index is 0.0536. The molecule has 3 N–H and O–H groups in total. The van der Waals surface area contributed by atoms with Gasteiger partial charge in [0.25, 0.3) is 0 Å². The Hall–Kier alpha value is -3.06. The van der Waals surface area contributed by atoms with Gasteiger partial charge in [-0.3, -0.25) is 10.8 Å². The van der Waals surface area contributed by atoms with Crippen molar-refractivity contribution in [2.45, 2.75) is 31.5 Å². The normalized spacial score (nSPS) is 13.8. The van der Waals surface area contributed by atoms with E-state index < -0.39 is 58.4 Å². The predicted molar refractivity (Wildman–Crippen MR) is 85.7 cm³/mol. The molecule has 0 aliphatic carbocycles. The van der Waals surface area contributed by atoms with E-state index in [9.17, 15) is 39.5 Å². The number of aromatic nitrogens is 2. The van der Waals surface area contributed by atoms with Gasteiger partial charge in [0.2, 0.25) is 5.84 Å². The summed E-state index contributed by atoms with van der Waals surface area (Å²) in [7, 11) is 0. The zero-order valence-corrected chi connectivity index (χ0v) is 14.8. The first kappa shape index (κ1) is 23.2. The number of benzene rings is 1. The van der Waals surface area contributed by atoms with Crippen molar-refractivity contribution in [3.8, 4) is 0 Å². The van der Waals surface area contributed by atoms with Crippen molar-refractivity contribution in [2.75, 3.05) is 5.32 Å². The molecule has 0 amide bonds. The van der Waals surface area contributed by atoms with Crippen LogP contribution in [0.15, 0.2) is 30.3 Å². The fourth-order valence-corrected chi connectivity index (χ4v) is 2.33. The molecule has 2 aromatic rings. The van der Waals surface area contributed by atoms with Crippen molar-refractivity contribution >= 4 is 11.7 Å². The zero-order chi connectivity index (χ0) is 23.1. The minimum Gasteiger partial charge on any atom is -0.362 e. The Bertz CT molecular complexity index is 970. The van der Waals surface area contributed by atoms with Gasteiger partial charge in [-0.2, -0.15) is 44.2 Å². The molecule has 1 heterocycles. The molecular formula is C16H12F9N5. The number of rotatable bonds is 3. The van der Waals surface area contributed by atoms with Crippen LogP contribution in [0.5, 0.6) is 0 Å². The molecular weight excluding hydrogens is 433 g/mol. The number of hydrogen-bond donors (Lipinski definition) is 3. The van der Waals surface area contributed by atoms with Crippen LogP contribution in [0.25, 0.3) is 0 Å². The van der Waals surface area contributed by atoms with E-state index in [2.05, 4.69) is 10.4 Å². The number of nitrogens with zero attached hydrogens (tertiary/aromatic N) is 2. The Labute approximate surface area is 162 Å². The van der Waals surface area contributed by atoms with Crippen LogP contribution in [0, 0.1) is 10.8 Å². The number of anilines is 1. The summed E-state index contributed by atoms with van der Waals surface area (Å²) in [6.07, 6.45) is -15.3. The second-order valence-corrected chi connectivity index (χ2v) is 6.07. The van der Waals surface area contributed by atoms with Crippen molar-refractivity contribution in [1.29, 1.82) is 10.8 Å². The predicted octanol–water partition coefficient (Wildman–Crippen LogP) is 4.96. The molecule has 164 valence electrons. The van der Waals surface area contributed by atoms with E-state index in [0.29, 0.717) is 12.1 Å². The smallest absolute Gasteiger partial charge is 0.362 e. The quantitative estimate of drug-likeness (QED) is 0.355. The summed E-state index contributed by atoms with van der Waals surface area (Å²) < 4.78 is 116. The molecule has 1 aromatic carbocycles. The summed E-state index contributed by atoms with van der Waals surface area (Å²) in [4.78, 5) is 0. The highest BCUT2D eigenvalue weighted by Crippen LogP contribution is 2.37. The lowest BCUT2D eigenvalue weighted by molar-refractivity contribution is -0.143. The Morgan fingerprint density at radius 2 is 1.43 bits per heavy atom. The summed E-state index contributed by atoms with van der Waals surface area (Å²) >= 11 is 0. The van der Waals surface area contributed by atoms with Gasteiger partial charge in [-0.1, -0.05) is 0 Å². The second kappa shape index (κ2) is 7.65. The van der Waals surface area contributed by atoms with Gasteiger partial charge in [0.05, 0.1) is 17.2 Å². The molecule has 14 heteroatoms. The Kier molecular flexibility index (Phi) is 5.92. The average molecular weight is 445 g/mol. The third-order valence-electron chi connectivity index (χ3n) is 3.79. The van der Waals surface area contributed by atoms with Gasteiger partial charge >= 0.3 is 18.5 Å². The maximum Gasteiger partial charge on any atom is 0.451 e. The monoisotopic (exact) mass is 445 g/mol. The van der Waals surface area contributed by atoms with Gasteiger partial charge in [0.1, 0.15) is 11.3 Å². The van der Waals surface area contributed by atoms with Crippen LogP contribution < -0.4 is 10.8 Å². The molecule has 2 rings (SSSR count). The molecule has 0 fully saturated rings. The lowest BCUT2D eigenvalue weighted by atomic mass is 10.0. The summed E-state index contributed by atoms with van der Waals surface area (Å²) in [6, 6.07) is 1.47. The molecule has 1 atom stereocenters. The Morgan fingerprint density at radius 3 is 1.87 bits per heavy atom. The molecule has 0 saturated heterocycles. The summed E-state index contributed by atoms with van der Waals surface area (Å²) in [5.74, 6) is -2.40. The van der Waals surface area contributed by atoms with Gasteiger partial charge in [-0.25, -0.2) is 0 Å². The van der Waals surface area contributed by atoms with Gasteiger partial charge in [-0.15, -0.1) is 5.10 Å². The summed E-state index contributed by atoms with van der Waals surface area (Å²) in [5, 5.41) is 20.2. The number of halogens is 9. The SMILES string of the molecule is CC(Nc1ccc(=N)n(C(=N)C(F)(F)F)n1)c1cc(C(F)(F)F)cc(C(F)(F)F)c1. The fraction of sp³-hybridized carbons (Fsp3) is 0.312. The number of hydrogen-bond acceptors (Lipinski definition) is 4. The first-order chi connectivity index (χ1) is 13.5. The van der Waals surface area contributed by atoms with Crippen molar-refractivity contribution in [3.63, 3.8) is 0 Å². The highest BCUT2D eigenvalue weighted by atomic mass is 19.4. The first-order valence-corrected chi connectivity index (χ1v) is 7.87. The summed E-state index contributed by atoms with van der Waals surface area (Å²) in [5.41, 5.74) is -4.37. The van der Waals surface area contributed by atoms with Gasteiger partial charge < -0.3 is 5.32 Å². The molecule has 0 aliphatic heterocycles. The van der Waals surface area contributed by atoms with Crippen LogP contribution >= 0.6 is 0 Å². The maximum atomic E-state index is 13.0. The molecule has 0 bridgehead atoms. The highest BCUT2D eigenvalue weighted by molar-refractivity contribution is 5.85. The van der Waals surface area contributed by atoms with Gasteiger partial charge in [0.15, 0.2) is 0 Å². The topological polar surface area (TPSA) is 77.5 Å². The van der Waals surface area contributed by atoms with Crippen LogP contribution in [0.2, 0.25) is 0 Å². The Balaban J connectivity index is 2.44. The van der Waals surface area contributed by atoms with E-state index in [1.807, 2.05) is 0 Å². The highest BCUT2D eigenvalue weighted by Gasteiger charge is 2.38. The van der Waals surface area contributed by atoms with Crippen LogP contribution in [-0.2, 0) is 12.4 Å². The molecule has 30 heavy (non-hydrogen) atoms. The van der Waals surface area contributed by atoms with E-state index in [0.717, 1.165) is 12.1 Å².